The van der Waals surface area contributed by atoms with Gasteiger partial charge < -0.3 is 15.8 Å². The number of pyridine rings is 1. The van der Waals surface area contributed by atoms with Crippen molar-refractivity contribution in [3.63, 3.8) is 0 Å². The highest BCUT2D eigenvalue weighted by molar-refractivity contribution is 7.89. The second-order valence-electron chi connectivity index (χ2n) is 11.8. The van der Waals surface area contributed by atoms with Crippen molar-refractivity contribution in [1.29, 1.82) is 0 Å². The van der Waals surface area contributed by atoms with Crippen LogP contribution in [0.3, 0.4) is 0 Å². The molecule has 270 valence electrons. The van der Waals surface area contributed by atoms with Crippen molar-refractivity contribution in [1.82, 2.24) is 14.6 Å². The summed E-state index contributed by atoms with van der Waals surface area (Å²) in [5.74, 6) is -3.18. The van der Waals surface area contributed by atoms with Gasteiger partial charge >= 0.3 is 12.3 Å². The Morgan fingerprint density at radius 1 is 1.06 bits per heavy atom. The first-order valence-electron chi connectivity index (χ1n) is 15.7. The standard InChI is InChI=1S/C35H34ClF4N5O5S/c1-50-34(47)45(33(46)32(41)31(22-10-12-25(36)13-11-22)23-18-24(20-43-19-23)35(38,39)40)30-9-5-8-29(37)28(30)15-14-26-21-42-16-17-44(26)51(48,49)27-6-3-2-4-7-27/h2-13,18-20,26,31-32,42H,14-17,21,41H2,1H3/t26-,31-,32-/m0/s1. The molecule has 0 radical (unpaired) electrons. The minimum atomic E-state index is -4.76. The van der Waals surface area contributed by atoms with E-state index in [0.29, 0.717) is 22.7 Å². The van der Waals surface area contributed by atoms with Crippen molar-refractivity contribution in [2.75, 3.05) is 31.6 Å². The second kappa shape index (κ2) is 15.9. The molecule has 3 aromatic carbocycles. The molecule has 2 heterocycles. The van der Waals surface area contributed by atoms with E-state index in [0.717, 1.165) is 25.4 Å². The summed E-state index contributed by atoms with van der Waals surface area (Å²) in [7, 11) is -2.91. The molecule has 0 spiro atoms. The molecular weight excluding hydrogens is 714 g/mol. The van der Waals surface area contributed by atoms with E-state index in [4.69, 9.17) is 22.1 Å². The summed E-state index contributed by atoms with van der Waals surface area (Å²) in [4.78, 5) is 32.0. The fraction of sp³-hybridized carbons (Fsp3) is 0.286. The van der Waals surface area contributed by atoms with Crippen molar-refractivity contribution >= 4 is 39.3 Å². The fourth-order valence-corrected chi connectivity index (χ4v) is 7.90. The molecule has 2 amide bonds. The van der Waals surface area contributed by atoms with Gasteiger partial charge in [0.25, 0.3) is 5.91 Å². The highest BCUT2D eigenvalue weighted by atomic mass is 35.5. The zero-order valence-corrected chi connectivity index (χ0v) is 28.8. The normalized spacial score (nSPS) is 16.6. The Kier molecular flexibility index (Phi) is 11.8. The number of imide groups is 1. The number of methoxy groups -OCH3 is 1. The van der Waals surface area contributed by atoms with Gasteiger partial charge in [-0.3, -0.25) is 9.78 Å². The van der Waals surface area contributed by atoms with Gasteiger partial charge in [-0.25, -0.2) is 22.5 Å². The van der Waals surface area contributed by atoms with E-state index in [-0.39, 0.29) is 53.2 Å². The first-order valence-corrected chi connectivity index (χ1v) is 17.6. The van der Waals surface area contributed by atoms with E-state index in [9.17, 15) is 31.2 Å². The smallest absolute Gasteiger partial charge is 0.420 e. The number of carbonyl (C=O) groups is 2. The monoisotopic (exact) mass is 747 g/mol. The Balaban J connectivity index is 1.51. The summed E-state index contributed by atoms with van der Waals surface area (Å²) in [6, 6.07) is 15.9. The third kappa shape index (κ3) is 8.39. The molecule has 3 atom stereocenters. The molecule has 0 saturated carbocycles. The summed E-state index contributed by atoms with van der Waals surface area (Å²) in [6.07, 6.45) is -4.27. The summed E-state index contributed by atoms with van der Waals surface area (Å²) < 4.78 is 90.2. The minimum absolute atomic E-state index is 0.0817. The molecule has 5 rings (SSSR count). The van der Waals surface area contributed by atoms with Crippen LogP contribution in [-0.2, 0) is 32.2 Å². The van der Waals surface area contributed by atoms with E-state index >= 15 is 4.39 Å². The average Bonchev–Trinajstić information content (AvgIpc) is 3.12. The number of sulfonamides is 1. The van der Waals surface area contributed by atoms with Crippen molar-refractivity contribution in [3.05, 3.63) is 124 Å². The van der Waals surface area contributed by atoms with Gasteiger partial charge in [0.05, 0.1) is 29.3 Å². The molecule has 1 aromatic heterocycles. The van der Waals surface area contributed by atoms with E-state index in [1.165, 1.54) is 52.8 Å². The van der Waals surface area contributed by atoms with E-state index in [1.807, 2.05) is 0 Å². The molecule has 10 nitrogen and oxygen atoms in total. The Morgan fingerprint density at radius 2 is 1.76 bits per heavy atom. The maximum atomic E-state index is 15.7. The second-order valence-corrected chi connectivity index (χ2v) is 14.1. The number of nitrogens with zero attached hydrogens (tertiary/aromatic N) is 3. The fourth-order valence-electron chi connectivity index (χ4n) is 6.10. The molecule has 0 unspecified atom stereocenters. The molecule has 1 fully saturated rings. The van der Waals surface area contributed by atoms with Crippen molar-refractivity contribution in [3.8, 4) is 0 Å². The molecule has 1 saturated heterocycles. The van der Waals surface area contributed by atoms with Gasteiger partial charge in [0.15, 0.2) is 0 Å². The number of anilines is 1. The lowest BCUT2D eigenvalue weighted by Gasteiger charge is -2.35. The molecule has 3 N–H and O–H groups in total. The number of ether oxygens (including phenoxy) is 1. The molecule has 16 heteroatoms. The number of carbonyl (C=O) groups excluding carboxylic acids is 2. The molecule has 0 bridgehead atoms. The molecule has 1 aliphatic rings. The van der Waals surface area contributed by atoms with Crippen molar-refractivity contribution in [2.24, 2.45) is 5.73 Å². The third-order valence-electron chi connectivity index (χ3n) is 8.61. The van der Waals surface area contributed by atoms with Crippen LogP contribution < -0.4 is 16.0 Å². The van der Waals surface area contributed by atoms with Crippen LogP contribution in [0.4, 0.5) is 28.0 Å². The molecule has 51 heavy (non-hydrogen) atoms. The van der Waals surface area contributed by atoms with Gasteiger partial charge in [-0.2, -0.15) is 17.5 Å². The predicted molar refractivity (Wildman–Crippen MR) is 182 cm³/mol. The Morgan fingerprint density at radius 3 is 2.43 bits per heavy atom. The van der Waals surface area contributed by atoms with Gasteiger partial charge in [-0.1, -0.05) is 48.0 Å². The summed E-state index contributed by atoms with van der Waals surface area (Å²) >= 11 is 6.06. The third-order valence-corrected chi connectivity index (χ3v) is 10.8. The van der Waals surface area contributed by atoms with Crippen LogP contribution in [0.25, 0.3) is 0 Å². The van der Waals surface area contributed by atoms with Crippen LogP contribution in [0.15, 0.2) is 96.2 Å². The summed E-state index contributed by atoms with van der Waals surface area (Å²) in [5.41, 5.74) is 5.33. The largest absolute Gasteiger partial charge is 0.452 e. The number of hydrogen-bond donors (Lipinski definition) is 2. The van der Waals surface area contributed by atoms with Crippen LogP contribution in [0.1, 0.15) is 34.6 Å². The summed E-state index contributed by atoms with van der Waals surface area (Å²) in [5, 5.41) is 3.47. The maximum absolute atomic E-state index is 15.7. The lowest BCUT2D eigenvalue weighted by molar-refractivity contribution is -0.137. The van der Waals surface area contributed by atoms with Gasteiger partial charge in [-0.05, 0) is 66.4 Å². The lowest BCUT2D eigenvalue weighted by Crippen LogP contribution is -2.53. The molecule has 1 aliphatic heterocycles. The van der Waals surface area contributed by atoms with Crippen LogP contribution in [0.2, 0.25) is 5.02 Å². The number of nitrogens with one attached hydrogen (secondary N) is 1. The van der Waals surface area contributed by atoms with E-state index in [2.05, 4.69) is 10.3 Å². The number of benzene rings is 3. The van der Waals surface area contributed by atoms with Crippen molar-refractivity contribution in [2.45, 2.75) is 41.9 Å². The van der Waals surface area contributed by atoms with Gasteiger partial charge in [0.2, 0.25) is 10.0 Å². The minimum Gasteiger partial charge on any atom is -0.452 e. The van der Waals surface area contributed by atoms with Gasteiger partial charge in [-0.15, -0.1) is 0 Å². The zero-order valence-electron chi connectivity index (χ0n) is 27.2. The lowest BCUT2D eigenvalue weighted by atomic mass is 9.85. The number of nitrogens with two attached hydrogens (primary N) is 1. The topological polar surface area (TPSA) is 135 Å². The summed E-state index contributed by atoms with van der Waals surface area (Å²) in [6.45, 7) is 0.810. The van der Waals surface area contributed by atoms with Gasteiger partial charge in [0, 0.05) is 54.6 Å². The Hall–Kier alpha value is -4.41. The molecule has 0 aliphatic carbocycles. The SMILES string of the molecule is COC(=O)N(C(=O)[C@@H](N)[C@@H](c1ccc(Cl)cc1)c1cncc(C(F)(F)F)c1)c1cccc(F)c1CC[C@H]1CNCCN1S(=O)(=O)c1ccccc1. The highest BCUT2D eigenvalue weighted by Crippen LogP contribution is 2.36. The quantitative estimate of drug-likeness (QED) is 0.196. The average molecular weight is 748 g/mol. The zero-order chi connectivity index (χ0) is 36.9. The van der Waals surface area contributed by atoms with Crippen LogP contribution in [-0.4, -0.2) is 68.5 Å². The van der Waals surface area contributed by atoms with Crippen LogP contribution in [0.5, 0.6) is 0 Å². The maximum Gasteiger partial charge on any atom is 0.420 e. The predicted octanol–water partition coefficient (Wildman–Crippen LogP) is 5.75. The number of piperazine rings is 1. The Bertz CT molecular complexity index is 1970. The Labute approximate surface area is 297 Å². The number of amides is 2. The number of aromatic nitrogens is 1. The molecule has 4 aromatic rings. The van der Waals surface area contributed by atoms with Crippen molar-refractivity contribution < 1.29 is 40.3 Å². The highest BCUT2D eigenvalue weighted by Gasteiger charge is 2.39. The number of alkyl halides is 3. The number of halogens is 5. The number of rotatable bonds is 10. The first-order chi connectivity index (χ1) is 24.2. The molecular formula is C35H34ClF4N5O5S. The first kappa shape index (κ1) is 37.8. The van der Waals surface area contributed by atoms with Crippen LogP contribution >= 0.6 is 11.6 Å². The van der Waals surface area contributed by atoms with E-state index < -0.39 is 57.6 Å². The van der Waals surface area contributed by atoms with E-state index in [1.54, 1.807) is 18.2 Å². The van der Waals surface area contributed by atoms with Crippen LogP contribution in [0, 0.1) is 5.82 Å². The number of hydrogen-bond acceptors (Lipinski definition) is 8. The van der Waals surface area contributed by atoms with Gasteiger partial charge in [0.1, 0.15) is 5.82 Å².